The minimum Gasteiger partial charge on any atom is -0.298 e. The second-order valence-corrected chi connectivity index (χ2v) is 4.34. The Morgan fingerprint density at radius 3 is 2.24 bits per heavy atom. The summed E-state index contributed by atoms with van der Waals surface area (Å²) in [6.45, 7) is 0. The molecule has 0 amide bonds. The smallest absolute Gasteiger partial charge is 0.160 e. The summed E-state index contributed by atoms with van der Waals surface area (Å²) in [5.74, 6) is 0.388. The van der Waals surface area contributed by atoms with Crippen LogP contribution in [0.5, 0.6) is 0 Å². The van der Waals surface area contributed by atoms with E-state index in [-0.39, 0.29) is 10.0 Å². The SMILES string of the molecule is O=Cc1cnc(-c2ccc(Cl)c(Cl)c2Cl)nc1. The van der Waals surface area contributed by atoms with Gasteiger partial charge in [-0.05, 0) is 12.1 Å². The molecule has 1 aromatic carbocycles. The van der Waals surface area contributed by atoms with Crippen molar-refractivity contribution in [2.24, 2.45) is 0 Å². The number of halogens is 3. The van der Waals surface area contributed by atoms with Gasteiger partial charge in [0.05, 0.1) is 20.6 Å². The van der Waals surface area contributed by atoms with Gasteiger partial charge in [-0.3, -0.25) is 4.79 Å². The number of nitrogens with zero attached hydrogens (tertiary/aromatic N) is 2. The Kier molecular flexibility index (Phi) is 3.62. The lowest BCUT2D eigenvalue weighted by atomic mass is 10.2. The van der Waals surface area contributed by atoms with Gasteiger partial charge >= 0.3 is 0 Å². The van der Waals surface area contributed by atoms with Gasteiger partial charge in [-0.25, -0.2) is 9.97 Å². The molecular weight excluding hydrogens is 282 g/mol. The lowest BCUT2D eigenvalue weighted by Crippen LogP contribution is -1.92. The van der Waals surface area contributed by atoms with Crippen LogP contribution in [0.2, 0.25) is 15.1 Å². The molecule has 17 heavy (non-hydrogen) atoms. The fourth-order valence-corrected chi connectivity index (χ4v) is 1.86. The standard InChI is InChI=1S/C11H5Cl3N2O/c12-8-2-1-7(9(13)10(8)14)11-15-3-6(5-17)4-16-11/h1-5H. The van der Waals surface area contributed by atoms with Gasteiger partial charge < -0.3 is 0 Å². The number of rotatable bonds is 2. The van der Waals surface area contributed by atoms with Gasteiger partial charge in [0, 0.05) is 18.0 Å². The highest BCUT2D eigenvalue weighted by Gasteiger charge is 2.12. The third-order valence-corrected chi connectivity index (χ3v) is 3.38. The molecule has 86 valence electrons. The third kappa shape index (κ3) is 2.41. The van der Waals surface area contributed by atoms with E-state index in [1.807, 2.05) is 0 Å². The molecule has 0 saturated heterocycles. The Hall–Kier alpha value is -1.16. The molecule has 0 bridgehead atoms. The van der Waals surface area contributed by atoms with Crippen LogP contribution in [0.15, 0.2) is 24.5 Å². The molecule has 0 atom stereocenters. The molecule has 0 saturated carbocycles. The maximum absolute atomic E-state index is 10.5. The molecule has 0 unspecified atom stereocenters. The van der Waals surface area contributed by atoms with Crippen LogP contribution in [-0.4, -0.2) is 16.3 Å². The maximum Gasteiger partial charge on any atom is 0.160 e. The van der Waals surface area contributed by atoms with Crippen LogP contribution in [0.4, 0.5) is 0 Å². The number of hydrogen-bond donors (Lipinski definition) is 0. The molecule has 0 N–H and O–H groups in total. The minimum atomic E-state index is 0.258. The van der Waals surface area contributed by atoms with Crippen LogP contribution in [0.1, 0.15) is 10.4 Å². The van der Waals surface area contributed by atoms with Crippen molar-refractivity contribution in [3.8, 4) is 11.4 Å². The molecule has 1 heterocycles. The molecule has 2 aromatic rings. The summed E-state index contributed by atoms with van der Waals surface area (Å²) in [6.07, 6.45) is 3.49. The summed E-state index contributed by atoms with van der Waals surface area (Å²) in [5, 5.41) is 0.914. The van der Waals surface area contributed by atoms with Gasteiger partial charge in [0.15, 0.2) is 12.1 Å². The van der Waals surface area contributed by atoms with Crippen molar-refractivity contribution >= 4 is 41.1 Å². The summed E-state index contributed by atoms with van der Waals surface area (Å²) in [4.78, 5) is 18.5. The topological polar surface area (TPSA) is 42.9 Å². The number of hydrogen-bond acceptors (Lipinski definition) is 3. The molecule has 1 aromatic heterocycles. The molecule has 0 aliphatic rings. The summed E-state index contributed by atoms with van der Waals surface area (Å²) in [7, 11) is 0. The van der Waals surface area contributed by atoms with E-state index in [4.69, 9.17) is 34.8 Å². The van der Waals surface area contributed by atoms with Gasteiger partial charge in [0.1, 0.15) is 0 Å². The van der Waals surface area contributed by atoms with Gasteiger partial charge in [0.2, 0.25) is 0 Å². The highest BCUT2D eigenvalue weighted by Crippen LogP contribution is 2.36. The van der Waals surface area contributed by atoms with E-state index >= 15 is 0 Å². The molecule has 0 radical (unpaired) electrons. The Balaban J connectivity index is 2.53. The van der Waals surface area contributed by atoms with Crippen molar-refractivity contribution in [1.82, 2.24) is 9.97 Å². The average molecular weight is 288 g/mol. The maximum atomic E-state index is 10.5. The summed E-state index contributed by atoms with van der Waals surface area (Å²) in [6, 6.07) is 3.29. The Labute approximate surface area is 112 Å². The van der Waals surface area contributed by atoms with Crippen molar-refractivity contribution in [2.45, 2.75) is 0 Å². The van der Waals surface area contributed by atoms with Crippen LogP contribution in [0, 0.1) is 0 Å². The molecule has 0 aliphatic heterocycles. The first-order valence-electron chi connectivity index (χ1n) is 4.54. The van der Waals surface area contributed by atoms with E-state index in [2.05, 4.69) is 9.97 Å². The van der Waals surface area contributed by atoms with Crippen molar-refractivity contribution in [3.05, 3.63) is 45.2 Å². The lowest BCUT2D eigenvalue weighted by molar-refractivity contribution is 0.112. The first-order chi connectivity index (χ1) is 8.13. The lowest BCUT2D eigenvalue weighted by Gasteiger charge is -2.05. The van der Waals surface area contributed by atoms with Crippen molar-refractivity contribution in [1.29, 1.82) is 0 Å². The Morgan fingerprint density at radius 1 is 1.00 bits per heavy atom. The first kappa shape index (κ1) is 12.3. The van der Waals surface area contributed by atoms with E-state index in [9.17, 15) is 4.79 Å². The van der Waals surface area contributed by atoms with Gasteiger partial charge in [-0.2, -0.15) is 0 Å². The predicted octanol–water partition coefficient (Wildman–Crippen LogP) is 3.92. The largest absolute Gasteiger partial charge is 0.298 e. The summed E-state index contributed by atoms with van der Waals surface area (Å²) >= 11 is 17.8. The van der Waals surface area contributed by atoms with Gasteiger partial charge in [-0.15, -0.1) is 0 Å². The molecule has 6 heteroatoms. The van der Waals surface area contributed by atoms with Crippen molar-refractivity contribution < 1.29 is 4.79 Å². The van der Waals surface area contributed by atoms with E-state index in [0.29, 0.717) is 28.3 Å². The average Bonchev–Trinajstić information content (AvgIpc) is 2.36. The van der Waals surface area contributed by atoms with Crippen LogP contribution in [0.3, 0.4) is 0 Å². The summed E-state index contributed by atoms with van der Waals surface area (Å²) in [5.41, 5.74) is 0.962. The highest BCUT2D eigenvalue weighted by atomic mass is 35.5. The van der Waals surface area contributed by atoms with Crippen LogP contribution >= 0.6 is 34.8 Å². The number of aromatic nitrogens is 2. The van der Waals surface area contributed by atoms with E-state index in [0.717, 1.165) is 0 Å². The number of benzene rings is 1. The Morgan fingerprint density at radius 2 is 1.65 bits per heavy atom. The quantitative estimate of drug-likeness (QED) is 0.621. The van der Waals surface area contributed by atoms with Gasteiger partial charge in [-0.1, -0.05) is 34.8 Å². The van der Waals surface area contributed by atoms with Crippen LogP contribution in [0.25, 0.3) is 11.4 Å². The normalized spacial score (nSPS) is 10.3. The molecule has 0 fully saturated rings. The first-order valence-corrected chi connectivity index (χ1v) is 5.68. The molecule has 0 aliphatic carbocycles. The third-order valence-electron chi connectivity index (χ3n) is 2.08. The highest BCUT2D eigenvalue weighted by molar-refractivity contribution is 6.49. The van der Waals surface area contributed by atoms with E-state index in [1.54, 1.807) is 12.1 Å². The zero-order valence-electron chi connectivity index (χ0n) is 8.32. The summed E-state index contributed by atoms with van der Waals surface area (Å²) < 4.78 is 0. The number of carbonyl (C=O) groups excluding carboxylic acids is 1. The Bertz CT molecular complexity index is 570. The van der Waals surface area contributed by atoms with Gasteiger partial charge in [0.25, 0.3) is 0 Å². The monoisotopic (exact) mass is 286 g/mol. The molecule has 0 spiro atoms. The predicted molar refractivity (Wildman–Crippen MR) is 67.9 cm³/mol. The molecular formula is C11H5Cl3N2O. The second-order valence-electron chi connectivity index (χ2n) is 3.18. The van der Waals surface area contributed by atoms with Crippen LogP contribution < -0.4 is 0 Å². The fraction of sp³-hybridized carbons (Fsp3) is 0. The van der Waals surface area contributed by atoms with E-state index < -0.39 is 0 Å². The second kappa shape index (κ2) is 5.00. The van der Waals surface area contributed by atoms with E-state index in [1.165, 1.54) is 12.4 Å². The number of carbonyl (C=O) groups is 1. The molecule has 2 rings (SSSR count). The van der Waals surface area contributed by atoms with Crippen molar-refractivity contribution in [3.63, 3.8) is 0 Å². The fourth-order valence-electron chi connectivity index (χ4n) is 1.24. The zero-order valence-corrected chi connectivity index (χ0v) is 10.6. The molecule has 3 nitrogen and oxygen atoms in total. The minimum absolute atomic E-state index is 0.258. The van der Waals surface area contributed by atoms with Crippen molar-refractivity contribution in [2.75, 3.05) is 0 Å². The zero-order chi connectivity index (χ0) is 12.4. The number of aldehydes is 1. The van der Waals surface area contributed by atoms with Crippen LogP contribution in [-0.2, 0) is 0 Å².